The number of hydrogen-bond donors (Lipinski definition) is 1. The van der Waals surface area contributed by atoms with E-state index in [1.54, 1.807) is 7.11 Å². The van der Waals surface area contributed by atoms with E-state index in [4.69, 9.17) is 9.72 Å². The summed E-state index contributed by atoms with van der Waals surface area (Å²) in [5.74, 6) is 0.893. The van der Waals surface area contributed by atoms with Crippen LogP contribution in [0.25, 0.3) is 10.9 Å². The number of aromatic nitrogens is 1. The molecule has 3 rings (SSSR count). The first-order valence-corrected chi connectivity index (χ1v) is 7.23. The number of hydrogen-bond acceptors (Lipinski definition) is 4. The zero-order chi connectivity index (χ0) is 14.7. The molecule has 0 bridgehead atoms. The molecule has 1 aromatic carbocycles. The van der Waals surface area contributed by atoms with Gasteiger partial charge in [-0.3, -0.25) is 0 Å². The van der Waals surface area contributed by atoms with E-state index in [0.717, 1.165) is 41.8 Å². The van der Waals surface area contributed by atoms with Gasteiger partial charge in [0, 0.05) is 31.1 Å². The van der Waals surface area contributed by atoms with Crippen molar-refractivity contribution < 1.29 is 9.84 Å². The lowest BCUT2D eigenvalue weighted by molar-refractivity contribution is 0.222. The second-order valence-electron chi connectivity index (χ2n) is 5.31. The van der Waals surface area contributed by atoms with Gasteiger partial charge in [-0.05, 0) is 24.1 Å². The van der Waals surface area contributed by atoms with Crippen molar-refractivity contribution in [2.75, 3.05) is 31.7 Å². The van der Waals surface area contributed by atoms with E-state index < -0.39 is 0 Å². The third-order valence-corrected chi connectivity index (χ3v) is 3.88. The lowest BCUT2D eigenvalue weighted by Crippen LogP contribution is -2.31. The molecule has 1 aromatic heterocycles. The van der Waals surface area contributed by atoms with Crippen molar-refractivity contribution in [3.63, 3.8) is 0 Å². The first-order chi connectivity index (χ1) is 10.3. The van der Waals surface area contributed by atoms with Crippen LogP contribution in [0, 0.1) is 0 Å². The number of ether oxygens (including phenoxy) is 1. The van der Waals surface area contributed by atoms with E-state index in [-0.39, 0.29) is 6.61 Å². The Bertz CT molecular complexity index is 667. The Morgan fingerprint density at radius 3 is 2.90 bits per heavy atom. The van der Waals surface area contributed by atoms with Crippen LogP contribution < -0.4 is 4.90 Å². The average Bonchev–Trinajstić information content (AvgIpc) is 2.54. The number of rotatable bonds is 4. The van der Waals surface area contributed by atoms with Crippen LogP contribution in [0.4, 0.5) is 5.82 Å². The van der Waals surface area contributed by atoms with Crippen LogP contribution in [-0.4, -0.2) is 36.9 Å². The molecular weight excluding hydrogens is 264 g/mol. The summed E-state index contributed by atoms with van der Waals surface area (Å²) in [5.41, 5.74) is 3.19. The summed E-state index contributed by atoms with van der Waals surface area (Å²) in [5, 5.41) is 10.7. The fraction of sp³-hybridized carbons (Fsp3) is 0.353. The monoisotopic (exact) mass is 284 g/mol. The van der Waals surface area contributed by atoms with E-state index in [2.05, 4.69) is 11.0 Å². The van der Waals surface area contributed by atoms with E-state index >= 15 is 0 Å². The minimum absolute atomic E-state index is 0.0122. The molecule has 0 saturated heterocycles. The van der Waals surface area contributed by atoms with Crippen LogP contribution in [0.1, 0.15) is 12.0 Å². The topological polar surface area (TPSA) is 45.6 Å². The lowest BCUT2D eigenvalue weighted by Gasteiger charge is -2.29. The second-order valence-corrected chi connectivity index (χ2v) is 5.31. The summed E-state index contributed by atoms with van der Waals surface area (Å²) in [4.78, 5) is 6.97. The van der Waals surface area contributed by atoms with Gasteiger partial charge >= 0.3 is 0 Å². The van der Waals surface area contributed by atoms with Crippen molar-refractivity contribution in [2.45, 2.75) is 13.0 Å². The van der Waals surface area contributed by atoms with Gasteiger partial charge in [0.25, 0.3) is 0 Å². The van der Waals surface area contributed by atoms with Crippen molar-refractivity contribution in [3.05, 3.63) is 47.5 Å². The molecule has 0 unspecified atom stereocenters. The molecule has 1 aliphatic rings. The number of fused-ring (bicyclic) bond motifs is 1. The summed E-state index contributed by atoms with van der Waals surface area (Å²) < 4.78 is 5.18. The highest BCUT2D eigenvalue weighted by Gasteiger charge is 2.17. The predicted molar refractivity (Wildman–Crippen MR) is 84.5 cm³/mol. The molecule has 0 spiro atoms. The maximum Gasteiger partial charge on any atom is 0.135 e. The van der Waals surface area contributed by atoms with Gasteiger partial charge in [-0.25, -0.2) is 4.98 Å². The number of pyridine rings is 1. The van der Waals surface area contributed by atoms with Crippen LogP contribution >= 0.6 is 0 Å². The molecule has 1 N–H and O–H groups in total. The smallest absolute Gasteiger partial charge is 0.135 e. The Labute approximate surface area is 124 Å². The largest absolute Gasteiger partial charge is 0.392 e. The van der Waals surface area contributed by atoms with E-state index in [9.17, 15) is 5.11 Å². The normalized spacial score (nSPS) is 15.3. The van der Waals surface area contributed by atoms with Gasteiger partial charge in [-0.1, -0.05) is 24.3 Å². The van der Waals surface area contributed by atoms with Crippen molar-refractivity contribution in [1.82, 2.24) is 4.98 Å². The highest BCUT2D eigenvalue weighted by molar-refractivity contribution is 5.81. The minimum atomic E-state index is 0.0122. The van der Waals surface area contributed by atoms with E-state index in [1.165, 1.54) is 5.57 Å². The number of anilines is 1. The molecule has 2 heterocycles. The molecule has 1 aliphatic heterocycles. The van der Waals surface area contributed by atoms with Gasteiger partial charge in [-0.2, -0.15) is 0 Å². The van der Waals surface area contributed by atoms with Gasteiger partial charge in [-0.15, -0.1) is 0 Å². The second kappa shape index (κ2) is 6.24. The number of nitrogens with zero attached hydrogens (tertiary/aromatic N) is 2. The quantitative estimate of drug-likeness (QED) is 0.876. The molecule has 0 aliphatic carbocycles. The van der Waals surface area contributed by atoms with Crippen LogP contribution in [0.2, 0.25) is 0 Å². The minimum Gasteiger partial charge on any atom is -0.392 e. The molecule has 0 fully saturated rings. The standard InChI is InChI=1S/C17H20N2O2/c1-21-12-13-6-8-19(9-7-13)17-15(11-20)10-14-4-2-3-5-16(14)18-17/h2-6,10,20H,7-9,11-12H2,1H3. The molecule has 4 nitrogen and oxygen atoms in total. The Balaban J connectivity index is 1.93. The van der Waals surface area contributed by atoms with Gasteiger partial charge in [0.2, 0.25) is 0 Å². The zero-order valence-electron chi connectivity index (χ0n) is 12.2. The molecule has 0 amide bonds. The summed E-state index contributed by atoms with van der Waals surface area (Å²) in [6.45, 7) is 2.44. The molecule has 110 valence electrons. The summed E-state index contributed by atoms with van der Waals surface area (Å²) in [6.07, 6.45) is 3.18. The fourth-order valence-electron chi connectivity index (χ4n) is 2.76. The Hall–Kier alpha value is -1.91. The molecule has 4 heteroatoms. The molecule has 21 heavy (non-hydrogen) atoms. The first kappa shape index (κ1) is 14.0. The van der Waals surface area contributed by atoms with Crippen molar-refractivity contribution in [3.8, 4) is 0 Å². The SMILES string of the molecule is COCC1=CCN(c2nc3ccccc3cc2CO)CC1. The van der Waals surface area contributed by atoms with Crippen molar-refractivity contribution in [1.29, 1.82) is 0 Å². The summed E-state index contributed by atoms with van der Waals surface area (Å²) in [7, 11) is 1.72. The number of para-hydroxylation sites is 1. The maximum absolute atomic E-state index is 9.64. The Kier molecular flexibility index (Phi) is 4.18. The number of methoxy groups -OCH3 is 1. The van der Waals surface area contributed by atoms with Crippen LogP contribution in [0.3, 0.4) is 0 Å². The third kappa shape index (κ3) is 2.91. The van der Waals surface area contributed by atoms with Crippen LogP contribution in [0.15, 0.2) is 42.0 Å². The average molecular weight is 284 g/mol. The van der Waals surface area contributed by atoms with Crippen molar-refractivity contribution in [2.24, 2.45) is 0 Å². The highest BCUT2D eigenvalue weighted by Crippen LogP contribution is 2.26. The van der Waals surface area contributed by atoms with E-state index in [0.29, 0.717) is 6.61 Å². The molecular formula is C17H20N2O2. The van der Waals surface area contributed by atoms with Gasteiger partial charge < -0.3 is 14.7 Å². The van der Waals surface area contributed by atoms with Crippen LogP contribution in [-0.2, 0) is 11.3 Å². The summed E-state index contributed by atoms with van der Waals surface area (Å²) in [6, 6.07) is 10.1. The first-order valence-electron chi connectivity index (χ1n) is 7.23. The van der Waals surface area contributed by atoms with E-state index in [1.807, 2.05) is 30.3 Å². The van der Waals surface area contributed by atoms with Gasteiger partial charge in [0.1, 0.15) is 5.82 Å². The maximum atomic E-state index is 9.64. The van der Waals surface area contributed by atoms with Crippen LogP contribution in [0.5, 0.6) is 0 Å². The summed E-state index contributed by atoms with van der Waals surface area (Å²) >= 11 is 0. The highest BCUT2D eigenvalue weighted by atomic mass is 16.5. The molecule has 2 aromatic rings. The fourth-order valence-corrected chi connectivity index (χ4v) is 2.76. The predicted octanol–water partition coefficient (Wildman–Crippen LogP) is 2.51. The Morgan fingerprint density at radius 2 is 2.19 bits per heavy atom. The third-order valence-electron chi connectivity index (χ3n) is 3.88. The molecule has 0 saturated carbocycles. The zero-order valence-corrected chi connectivity index (χ0v) is 12.2. The molecule has 0 radical (unpaired) electrons. The van der Waals surface area contributed by atoms with Gasteiger partial charge in [0.15, 0.2) is 0 Å². The lowest BCUT2D eigenvalue weighted by atomic mass is 10.1. The number of aliphatic hydroxyl groups is 1. The van der Waals surface area contributed by atoms with Gasteiger partial charge in [0.05, 0.1) is 18.7 Å². The molecule has 0 atom stereocenters. The Morgan fingerprint density at radius 1 is 1.33 bits per heavy atom. The number of benzene rings is 1. The number of aliphatic hydroxyl groups excluding tert-OH is 1. The van der Waals surface area contributed by atoms with Crippen molar-refractivity contribution >= 4 is 16.7 Å².